The Morgan fingerprint density at radius 1 is 1.16 bits per heavy atom. The van der Waals surface area contributed by atoms with Gasteiger partial charge in [-0.15, -0.1) is 0 Å². The summed E-state index contributed by atoms with van der Waals surface area (Å²) in [6.45, 7) is 2.38. The fourth-order valence-electron chi connectivity index (χ4n) is 7.61. The van der Waals surface area contributed by atoms with Crippen LogP contribution in [0.2, 0.25) is 0 Å². The van der Waals surface area contributed by atoms with E-state index in [4.69, 9.17) is 4.74 Å². The van der Waals surface area contributed by atoms with Gasteiger partial charge in [-0.2, -0.15) is 0 Å². The third-order valence-electron chi connectivity index (χ3n) is 8.61. The van der Waals surface area contributed by atoms with Crippen LogP contribution in [0.3, 0.4) is 0 Å². The Morgan fingerprint density at radius 3 is 2.84 bits per heavy atom. The highest BCUT2D eigenvalue weighted by Gasteiger charge is 2.77. The van der Waals surface area contributed by atoms with E-state index in [1.165, 1.54) is 18.4 Å². The van der Waals surface area contributed by atoms with Crippen molar-refractivity contribution in [3.8, 4) is 0 Å². The topological polar surface area (TPSA) is 43.4 Å². The largest absolute Gasteiger partial charge is 0.451 e. The Bertz CT molecular complexity index is 789. The molecule has 5 unspecified atom stereocenters. The zero-order valence-electron chi connectivity index (χ0n) is 14.6. The smallest absolute Gasteiger partial charge is 0.331 e. The lowest BCUT2D eigenvalue weighted by Crippen LogP contribution is -2.54. The van der Waals surface area contributed by atoms with Crippen LogP contribution in [0.5, 0.6) is 0 Å². The lowest BCUT2D eigenvalue weighted by Gasteiger charge is -2.55. The van der Waals surface area contributed by atoms with Crippen LogP contribution >= 0.6 is 0 Å². The number of ether oxygens (including phenoxy) is 1. The second-order valence-electron chi connectivity index (χ2n) is 9.39. The zero-order valence-corrected chi connectivity index (χ0v) is 14.6. The van der Waals surface area contributed by atoms with Gasteiger partial charge in [0.1, 0.15) is 5.60 Å². The number of rotatable bonds is 0. The molecule has 6 aliphatic rings. The van der Waals surface area contributed by atoms with Crippen LogP contribution in [-0.2, 0) is 14.3 Å². The van der Waals surface area contributed by atoms with Gasteiger partial charge in [0, 0.05) is 23.8 Å². The molecule has 0 amide bonds. The van der Waals surface area contributed by atoms with Crippen molar-refractivity contribution in [3.63, 3.8) is 0 Å². The van der Waals surface area contributed by atoms with E-state index in [0.29, 0.717) is 47.7 Å². The minimum atomic E-state index is -0.336. The maximum absolute atomic E-state index is 11.9. The second-order valence-corrected chi connectivity index (χ2v) is 9.39. The average Bonchev–Trinajstić information content (AvgIpc) is 3.23. The molecule has 1 aliphatic heterocycles. The van der Waals surface area contributed by atoms with Crippen molar-refractivity contribution < 1.29 is 14.3 Å². The quantitative estimate of drug-likeness (QED) is 0.635. The van der Waals surface area contributed by atoms with Crippen molar-refractivity contribution in [1.29, 1.82) is 0 Å². The molecule has 1 spiro atoms. The number of fused-ring (bicyclic) bond motifs is 9. The van der Waals surface area contributed by atoms with Crippen LogP contribution in [0, 0.1) is 40.9 Å². The molecule has 5 aliphatic carbocycles. The van der Waals surface area contributed by atoms with Crippen molar-refractivity contribution in [1.82, 2.24) is 0 Å². The van der Waals surface area contributed by atoms with Crippen LogP contribution in [-0.4, -0.2) is 17.4 Å². The SMILES string of the molecule is C[C@]12CCC3C(C=CC4=CC(=O)CC[C@@H]43)C1C1CC1[C@@]21C=CC(=O)O1. The third kappa shape index (κ3) is 1.59. The highest BCUT2D eigenvalue weighted by molar-refractivity contribution is 5.92. The van der Waals surface area contributed by atoms with Gasteiger partial charge in [0.15, 0.2) is 5.78 Å². The van der Waals surface area contributed by atoms with Crippen molar-refractivity contribution in [2.24, 2.45) is 40.9 Å². The summed E-state index contributed by atoms with van der Waals surface area (Å²) >= 11 is 0. The molecule has 0 saturated heterocycles. The van der Waals surface area contributed by atoms with E-state index < -0.39 is 0 Å². The van der Waals surface area contributed by atoms with Gasteiger partial charge in [0.2, 0.25) is 0 Å². The van der Waals surface area contributed by atoms with Gasteiger partial charge in [-0.05, 0) is 73.0 Å². The number of carbonyl (C=O) groups excluding carboxylic acids is 2. The molecule has 1 heterocycles. The van der Waals surface area contributed by atoms with Gasteiger partial charge in [0.25, 0.3) is 0 Å². The minimum Gasteiger partial charge on any atom is -0.451 e. The van der Waals surface area contributed by atoms with Crippen molar-refractivity contribution in [2.75, 3.05) is 0 Å². The molecule has 0 aromatic carbocycles. The lowest BCUT2D eigenvalue weighted by molar-refractivity contribution is -0.165. The van der Waals surface area contributed by atoms with E-state index >= 15 is 0 Å². The zero-order chi connectivity index (χ0) is 17.0. The fourth-order valence-corrected chi connectivity index (χ4v) is 7.61. The van der Waals surface area contributed by atoms with Crippen molar-refractivity contribution >= 4 is 11.8 Å². The van der Waals surface area contributed by atoms with Crippen LogP contribution in [0.25, 0.3) is 0 Å². The molecule has 130 valence electrons. The standard InChI is InChI=1S/C22H24O3/c1-21-8-6-15-14-5-3-13(23)10-12(14)2-4-16(15)20(21)17-11-18(17)22(21)9-7-19(24)25-22/h2,4,7,9-10,14-18,20H,3,5-6,8,11H2,1H3/t14-,15?,16?,17?,18?,20?,21-,22-/m0/s1. The van der Waals surface area contributed by atoms with Crippen molar-refractivity contribution in [3.05, 3.63) is 36.0 Å². The first kappa shape index (κ1) is 14.5. The maximum Gasteiger partial charge on any atom is 0.331 e. The summed E-state index contributed by atoms with van der Waals surface area (Å²) in [6, 6.07) is 0. The Morgan fingerprint density at radius 2 is 2.04 bits per heavy atom. The Balaban J connectivity index is 1.42. The van der Waals surface area contributed by atoms with Crippen molar-refractivity contribution in [2.45, 2.75) is 44.6 Å². The van der Waals surface area contributed by atoms with Gasteiger partial charge in [-0.25, -0.2) is 4.79 Å². The first-order valence-corrected chi connectivity index (χ1v) is 9.88. The number of carbonyl (C=O) groups is 2. The molecule has 3 fully saturated rings. The van der Waals surface area contributed by atoms with Crippen LogP contribution in [0.1, 0.15) is 39.0 Å². The van der Waals surface area contributed by atoms with E-state index in [1.807, 2.05) is 6.08 Å². The first-order chi connectivity index (χ1) is 12.0. The number of ketones is 1. The highest BCUT2D eigenvalue weighted by Crippen LogP contribution is 2.77. The average molecular weight is 336 g/mol. The molecule has 0 radical (unpaired) electrons. The molecule has 6 rings (SSSR count). The van der Waals surface area contributed by atoms with Crippen LogP contribution < -0.4 is 0 Å². The number of allylic oxidation sites excluding steroid dienone is 4. The summed E-state index contributed by atoms with van der Waals surface area (Å²) in [5, 5.41) is 0. The summed E-state index contributed by atoms with van der Waals surface area (Å²) in [7, 11) is 0. The molecule has 8 atom stereocenters. The molecular formula is C22H24O3. The maximum atomic E-state index is 11.9. The van der Waals surface area contributed by atoms with Gasteiger partial charge in [0.05, 0.1) is 0 Å². The van der Waals surface area contributed by atoms with Crippen LogP contribution in [0.4, 0.5) is 0 Å². The predicted octanol–water partition coefficient (Wildman–Crippen LogP) is 3.61. The summed E-state index contributed by atoms with van der Waals surface area (Å²) in [5.41, 5.74) is 1.01. The number of esters is 1. The molecule has 25 heavy (non-hydrogen) atoms. The number of hydrogen-bond donors (Lipinski definition) is 0. The van der Waals surface area contributed by atoms with E-state index in [0.717, 1.165) is 12.8 Å². The normalized spacial score (nSPS) is 54.5. The van der Waals surface area contributed by atoms with E-state index in [-0.39, 0.29) is 17.0 Å². The Hall–Kier alpha value is -1.64. The summed E-state index contributed by atoms with van der Waals surface area (Å²) in [5.74, 6) is 3.80. The molecule has 3 nitrogen and oxygen atoms in total. The lowest BCUT2D eigenvalue weighted by atomic mass is 9.50. The molecule has 0 aromatic rings. The predicted molar refractivity (Wildman–Crippen MR) is 92.3 cm³/mol. The summed E-state index contributed by atoms with van der Waals surface area (Å²) in [4.78, 5) is 23.7. The fraction of sp³-hybridized carbons (Fsp3) is 0.636. The molecule has 3 saturated carbocycles. The second kappa shape index (κ2) is 4.36. The molecular weight excluding hydrogens is 312 g/mol. The van der Waals surface area contributed by atoms with Gasteiger partial charge < -0.3 is 4.74 Å². The summed E-state index contributed by atoms with van der Waals surface area (Å²) in [6.07, 6.45) is 15.6. The highest BCUT2D eigenvalue weighted by atomic mass is 16.6. The van der Waals surface area contributed by atoms with E-state index in [9.17, 15) is 9.59 Å². The number of hydrogen-bond acceptors (Lipinski definition) is 3. The Labute approximate surface area is 148 Å². The third-order valence-corrected chi connectivity index (χ3v) is 8.61. The monoisotopic (exact) mass is 336 g/mol. The van der Waals surface area contributed by atoms with E-state index in [1.54, 1.807) is 6.08 Å². The van der Waals surface area contributed by atoms with Gasteiger partial charge in [-0.1, -0.05) is 19.1 Å². The minimum absolute atomic E-state index is 0.0699. The Kier molecular flexibility index (Phi) is 2.53. The molecule has 3 heteroatoms. The van der Waals surface area contributed by atoms with Crippen LogP contribution in [0.15, 0.2) is 36.0 Å². The summed E-state index contributed by atoms with van der Waals surface area (Å²) < 4.78 is 6.01. The van der Waals surface area contributed by atoms with Gasteiger partial charge >= 0.3 is 5.97 Å². The molecule has 0 aromatic heterocycles. The first-order valence-electron chi connectivity index (χ1n) is 9.88. The van der Waals surface area contributed by atoms with E-state index in [2.05, 4.69) is 25.2 Å². The van der Waals surface area contributed by atoms with Gasteiger partial charge in [-0.3, -0.25) is 4.79 Å². The molecule has 0 bridgehead atoms. The molecule has 0 N–H and O–H groups in total.